The highest BCUT2D eigenvalue weighted by Gasteiger charge is 2.29. The van der Waals surface area contributed by atoms with Crippen molar-refractivity contribution < 1.29 is 22.8 Å². The molecule has 38 heavy (non-hydrogen) atoms. The second-order valence-corrected chi connectivity index (χ2v) is 9.57. The number of carbonyl (C=O) groups is 2. The third-order valence-electron chi connectivity index (χ3n) is 6.47. The molecule has 1 fully saturated rings. The lowest BCUT2D eigenvalue weighted by atomic mass is 9.93. The van der Waals surface area contributed by atoms with Gasteiger partial charge in [0.15, 0.2) is 17.4 Å². The molecule has 0 bridgehead atoms. The summed E-state index contributed by atoms with van der Waals surface area (Å²) in [6.07, 6.45) is 3.38. The zero-order valence-corrected chi connectivity index (χ0v) is 21.4. The van der Waals surface area contributed by atoms with E-state index in [0.717, 1.165) is 17.7 Å². The van der Waals surface area contributed by atoms with E-state index in [1.54, 1.807) is 30.0 Å². The van der Waals surface area contributed by atoms with Gasteiger partial charge >= 0.3 is 0 Å². The van der Waals surface area contributed by atoms with Gasteiger partial charge in [0.25, 0.3) is 0 Å². The van der Waals surface area contributed by atoms with Gasteiger partial charge in [0.1, 0.15) is 5.82 Å². The summed E-state index contributed by atoms with van der Waals surface area (Å²) < 4.78 is 41.0. The number of nitrogens with zero attached hydrogens (tertiary/aromatic N) is 2. The van der Waals surface area contributed by atoms with Crippen LogP contribution in [0.5, 0.6) is 0 Å². The Morgan fingerprint density at radius 1 is 0.868 bits per heavy atom. The number of piperidine rings is 1. The number of carbonyl (C=O) groups excluding carboxylic acids is 2. The maximum Gasteiger partial charge on any atom is 0.224 e. The summed E-state index contributed by atoms with van der Waals surface area (Å²) in [5.41, 5.74) is 3.19. The fraction of sp³-hybridized carbons (Fsp3) is 0.226. The molecule has 0 unspecified atom stereocenters. The van der Waals surface area contributed by atoms with Crippen LogP contribution in [0, 0.1) is 24.4 Å². The molecule has 3 aromatic rings. The van der Waals surface area contributed by atoms with Gasteiger partial charge in [-0.2, -0.15) is 0 Å². The molecule has 0 saturated carbocycles. The Morgan fingerprint density at radius 3 is 2.08 bits per heavy atom. The van der Waals surface area contributed by atoms with Gasteiger partial charge in [-0.3, -0.25) is 9.59 Å². The van der Waals surface area contributed by atoms with Crippen molar-refractivity contribution >= 4 is 23.8 Å². The monoisotopic (exact) mass is 518 g/mol. The molecule has 1 aliphatic rings. The zero-order valence-electron chi connectivity index (χ0n) is 21.4. The van der Waals surface area contributed by atoms with E-state index in [9.17, 15) is 22.8 Å². The predicted molar refractivity (Wildman–Crippen MR) is 142 cm³/mol. The van der Waals surface area contributed by atoms with Gasteiger partial charge in [0.2, 0.25) is 5.91 Å². The van der Waals surface area contributed by atoms with E-state index < -0.39 is 11.6 Å². The molecule has 1 amide bonds. The van der Waals surface area contributed by atoms with Crippen molar-refractivity contribution in [3.63, 3.8) is 0 Å². The van der Waals surface area contributed by atoms with E-state index in [1.165, 1.54) is 18.2 Å². The molecular formula is C31H29F3N2O2. The molecule has 4 nitrogen and oxygen atoms in total. The summed E-state index contributed by atoms with van der Waals surface area (Å²) in [7, 11) is 1.94. The highest BCUT2D eigenvalue weighted by atomic mass is 19.2. The van der Waals surface area contributed by atoms with Crippen LogP contribution in [0.1, 0.15) is 28.7 Å². The van der Waals surface area contributed by atoms with E-state index >= 15 is 0 Å². The Balaban J connectivity index is 1.56. The Bertz CT molecular complexity index is 1330. The molecule has 1 aliphatic heterocycles. The molecule has 4 rings (SSSR count). The molecule has 0 aromatic heterocycles. The molecule has 3 aromatic carbocycles. The lowest BCUT2D eigenvalue weighted by Crippen LogP contribution is -2.42. The number of amides is 1. The van der Waals surface area contributed by atoms with E-state index in [2.05, 4.69) is 4.90 Å². The number of Topliss-reactive ketones (excluding diaryl/α,β-unsaturated/α-hetero) is 1. The van der Waals surface area contributed by atoms with Gasteiger partial charge in [-0.15, -0.1) is 0 Å². The zero-order chi connectivity index (χ0) is 27.2. The van der Waals surface area contributed by atoms with Crippen molar-refractivity contribution in [2.75, 3.05) is 26.7 Å². The van der Waals surface area contributed by atoms with E-state index in [-0.39, 0.29) is 37.0 Å². The summed E-state index contributed by atoms with van der Waals surface area (Å²) in [4.78, 5) is 30.2. The van der Waals surface area contributed by atoms with Crippen molar-refractivity contribution in [3.8, 4) is 0 Å². The first-order valence-electron chi connectivity index (χ1n) is 12.4. The van der Waals surface area contributed by atoms with Crippen LogP contribution in [0.15, 0.2) is 77.9 Å². The summed E-state index contributed by atoms with van der Waals surface area (Å²) in [5, 5.41) is 0. The van der Waals surface area contributed by atoms with Crippen LogP contribution in [0.3, 0.4) is 0 Å². The lowest BCUT2D eigenvalue weighted by Gasteiger charge is -2.30. The number of ketones is 1. The van der Waals surface area contributed by atoms with Gasteiger partial charge < -0.3 is 9.80 Å². The van der Waals surface area contributed by atoms with Crippen molar-refractivity contribution in [2.45, 2.75) is 19.9 Å². The van der Waals surface area contributed by atoms with Gasteiger partial charge in [0.05, 0.1) is 0 Å². The second-order valence-electron chi connectivity index (χ2n) is 9.57. The standard InChI is InChI=1S/C31H29F3N2O2/c1-21-14-23(8-10-27(21)32)15-25-19-36(30(37)12-13-35(2)18-22-6-4-3-5-7-22)20-26(31(25)38)16-24-9-11-28(33)29(34)17-24/h3-11,14-17H,12-13,18-20H2,1-2H3/b25-15+,26-16+. The number of hydrogen-bond donors (Lipinski definition) is 0. The molecule has 7 heteroatoms. The molecule has 1 saturated heterocycles. The number of aryl methyl sites for hydroxylation is 1. The van der Waals surface area contributed by atoms with Gasteiger partial charge in [-0.25, -0.2) is 13.2 Å². The Labute approximate surface area is 220 Å². The van der Waals surface area contributed by atoms with Crippen LogP contribution in [0.2, 0.25) is 0 Å². The maximum absolute atomic E-state index is 13.8. The van der Waals surface area contributed by atoms with Crippen molar-refractivity contribution in [1.82, 2.24) is 9.80 Å². The van der Waals surface area contributed by atoms with Crippen molar-refractivity contribution in [1.29, 1.82) is 0 Å². The molecule has 1 heterocycles. The largest absolute Gasteiger partial charge is 0.334 e. The maximum atomic E-state index is 13.8. The van der Waals surface area contributed by atoms with Crippen LogP contribution < -0.4 is 0 Å². The highest BCUT2D eigenvalue weighted by Crippen LogP contribution is 2.24. The number of likely N-dealkylation sites (tertiary alicyclic amines) is 1. The average Bonchev–Trinajstić information content (AvgIpc) is 2.89. The van der Waals surface area contributed by atoms with Crippen molar-refractivity contribution in [3.05, 3.63) is 118 Å². The first kappa shape index (κ1) is 27.1. The number of rotatable bonds is 7. The normalized spacial score (nSPS) is 16.1. The van der Waals surface area contributed by atoms with E-state index in [0.29, 0.717) is 40.9 Å². The molecule has 0 aliphatic carbocycles. The van der Waals surface area contributed by atoms with Gasteiger partial charge in [-0.05, 0) is 72.6 Å². The topological polar surface area (TPSA) is 40.6 Å². The smallest absolute Gasteiger partial charge is 0.224 e. The fourth-order valence-electron chi connectivity index (χ4n) is 4.40. The second kappa shape index (κ2) is 12.0. The highest BCUT2D eigenvalue weighted by molar-refractivity contribution is 6.15. The fourth-order valence-corrected chi connectivity index (χ4v) is 4.40. The minimum Gasteiger partial charge on any atom is -0.334 e. The predicted octanol–water partition coefficient (Wildman–Crippen LogP) is 5.81. The molecule has 0 spiro atoms. The Hall–Kier alpha value is -3.97. The Kier molecular flexibility index (Phi) is 8.59. The number of halogens is 3. The quantitative estimate of drug-likeness (QED) is 0.371. The summed E-state index contributed by atoms with van der Waals surface area (Å²) in [5.74, 6) is -2.77. The van der Waals surface area contributed by atoms with E-state index in [4.69, 9.17) is 0 Å². The van der Waals surface area contributed by atoms with Crippen LogP contribution in [0.4, 0.5) is 13.2 Å². The SMILES string of the molecule is Cc1cc(/C=C2\CN(C(=O)CCN(C)Cc3ccccc3)C/C(=C\c3ccc(F)c(F)c3)C2=O)ccc1F. The average molecular weight is 519 g/mol. The van der Waals surface area contributed by atoms with Gasteiger partial charge in [-0.1, -0.05) is 42.5 Å². The van der Waals surface area contributed by atoms with Crippen LogP contribution in [-0.4, -0.2) is 48.2 Å². The Morgan fingerprint density at radius 2 is 1.47 bits per heavy atom. The van der Waals surface area contributed by atoms with Crippen LogP contribution in [-0.2, 0) is 16.1 Å². The summed E-state index contributed by atoms with van der Waals surface area (Å²) in [6, 6.07) is 17.9. The third-order valence-corrected chi connectivity index (χ3v) is 6.47. The molecule has 0 N–H and O–H groups in total. The minimum atomic E-state index is -1.02. The van der Waals surface area contributed by atoms with Crippen molar-refractivity contribution in [2.24, 2.45) is 0 Å². The summed E-state index contributed by atoms with van der Waals surface area (Å²) in [6.45, 7) is 3.01. The third kappa shape index (κ3) is 6.86. The lowest BCUT2D eigenvalue weighted by molar-refractivity contribution is -0.131. The molecule has 196 valence electrons. The molecule has 0 atom stereocenters. The first-order valence-corrected chi connectivity index (χ1v) is 12.4. The number of benzene rings is 3. The van der Waals surface area contributed by atoms with Crippen LogP contribution >= 0.6 is 0 Å². The van der Waals surface area contributed by atoms with Gasteiger partial charge in [0, 0.05) is 43.7 Å². The summed E-state index contributed by atoms with van der Waals surface area (Å²) >= 11 is 0. The minimum absolute atomic E-state index is 0.0544. The van der Waals surface area contributed by atoms with E-state index in [1.807, 2.05) is 37.4 Å². The first-order chi connectivity index (χ1) is 18.2. The number of hydrogen-bond acceptors (Lipinski definition) is 3. The molecular weight excluding hydrogens is 489 g/mol. The van der Waals surface area contributed by atoms with Crippen LogP contribution in [0.25, 0.3) is 12.2 Å². The molecule has 0 radical (unpaired) electrons.